The molecule has 2 aromatic rings. The summed E-state index contributed by atoms with van der Waals surface area (Å²) in [4.78, 5) is 24.6. The van der Waals surface area contributed by atoms with Crippen LogP contribution in [0.2, 0.25) is 0 Å². The molecule has 0 radical (unpaired) electrons. The third-order valence-corrected chi connectivity index (χ3v) is 5.03. The van der Waals surface area contributed by atoms with Crippen LogP contribution in [0.5, 0.6) is 0 Å². The summed E-state index contributed by atoms with van der Waals surface area (Å²) < 4.78 is 5.24. The number of hydrogen-bond donors (Lipinski definition) is 1. The fourth-order valence-electron chi connectivity index (χ4n) is 3.61. The molecular formula is C23H27NO3. The molecule has 0 heterocycles. The fraction of sp³-hybridized carbons (Fsp3) is 0.391. The van der Waals surface area contributed by atoms with E-state index in [-0.39, 0.29) is 18.6 Å². The number of fused-ring (bicyclic) bond motifs is 1. The van der Waals surface area contributed by atoms with Crippen LogP contribution in [0.1, 0.15) is 65.7 Å². The quantitative estimate of drug-likeness (QED) is 0.741. The largest absolute Gasteiger partial charge is 0.452 e. The number of benzene rings is 2. The predicted molar refractivity (Wildman–Crippen MR) is 106 cm³/mol. The van der Waals surface area contributed by atoms with Crippen LogP contribution in [0, 0.1) is 0 Å². The van der Waals surface area contributed by atoms with Crippen LogP contribution in [0.4, 0.5) is 0 Å². The number of carbonyl (C=O) groups is 2. The van der Waals surface area contributed by atoms with Crippen molar-refractivity contribution in [1.82, 2.24) is 5.32 Å². The number of aryl methyl sites for hydroxylation is 2. The molecule has 1 atom stereocenters. The summed E-state index contributed by atoms with van der Waals surface area (Å²) in [5.41, 5.74) is 4.14. The van der Waals surface area contributed by atoms with Crippen LogP contribution in [-0.4, -0.2) is 18.5 Å². The van der Waals surface area contributed by atoms with E-state index in [9.17, 15) is 9.59 Å². The van der Waals surface area contributed by atoms with Crippen LogP contribution >= 0.6 is 0 Å². The normalized spacial score (nSPS) is 14.1. The van der Waals surface area contributed by atoms with Crippen LogP contribution in [0.15, 0.2) is 48.5 Å². The van der Waals surface area contributed by atoms with E-state index in [0.717, 1.165) is 37.7 Å². The summed E-state index contributed by atoms with van der Waals surface area (Å²) in [6, 6.07) is 15.5. The zero-order valence-corrected chi connectivity index (χ0v) is 15.9. The van der Waals surface area contributed by atoms with Gasteiger partial charge in [-0.3, -0.25) is 4.79 Å². The van der Waals surface area contributed by atoms with E-state index in [1.165, 1.54) is 17.5 Å². The van der Waals surface area contributed by atoms with Gasteiger partial charge in [-0.25, -0.2) is 4.79 Å². The first-order chi connectivity index (χ1) is 13.2. The molecule has 0 saturated carbocycles. The minimum absolute atomic E-state index is 0.0638. The monoisotopic (exact) mass is 365 g/mol. The van der Waals surface area contributed by atoms with E-state index in [2.05, 4.69) is 12.2 Å². The molecule has 0 aromatic heterocycles. The highest BCUT2D eigenvalue weighted by atomic mass is 16.5. The van der Waals surface area contributed by atoms with Crippen LogP contribution < -0.4 is 5.32 Å². The van der Waals surface area contributed by atoms with E-state index in [1.807, 2.05) is 42.5 Å². The lowest BCUT2D eigenvalue weighted by molar-refractivity contribution is -0.125. The van der Waals surface area contributed by atoms with Crippen LogP contribution in [0.3, 0.4) is 0 Å². The second kappa shape index (κ2) is 9.36. The Balaban J connectivity index is 1.55. The molecule has 2 aromatic carbocycles. The standard InChI is InChI=1S/C23H27NO3/c1-2-8-21(18-10-4-3-5-11-18)24-22(25)16-27-23(26)20-14-13-17-9-6-7-12-19(17)15-20/h3-5,10-11,13-15,21H,2,6-9,12,16H2,1H3,(H,24,25)/t21-/m0/s1. The van der Waals surface area contributed by atoms with E-state index in [1.54, 1.807) is 6.07 Å². The highest BCUT2D eigenvalue weighted by Gasteiger charge is 2.17. The van der Waals surface area contributed by atoms with Crippen molar-refractivity contribution in [2.45, 2.75) is 51.5 Å². The van der Waals surface area contributed by atoms with E-state index >= 15 is 0 Å². The number of nitrogens with one attached hydrogen (secondary N) is 1. The minimum atomic E-state index is -0.440. The molecule has 4 nitrogen and oxygen atoms in total. The van der Waals surface area contributed by atoms with E-state index < -0.39 is 5.97 Å². The second-order valence-corrected chi connectivity index (χ2v) is 7.09. The molecule has 0 saturated heterocycles. The molecule has 3 rings (SSSR count). The average molecular weight is 365 g/mol. The molecule has 1 amide bonds. The van der Waals surface area contributed by atoms with Gasteiger partial charge < -0.3 is 10.1 Å². The smallest absolute Gasteiger partial charge is 0.338 e. The van der Waals surface area contributed by atoms with Crippen molar-refractivity contribution in [3.8, 4) is 0 Å². The third-order valence-electron chi connectivity index (χ3n) is 5.03. The first-order valence-corrected chi connectivity index (χ1v) is 9.80. The summed E-state index contributed by atoms with van der Waals surface area (Å²) in [5.74, 6) is -0.714. The molecule has 0 unspecified atom stereocenters. The van der Waals surface area contributed by atoms with Gasteiger partial charge in [-0.1, -0.05) is 49.7 Å². The number of carbonyl (C=O) groups excluding carboxylic acids is 2. The van der Waals surface area contributed by atoms with Crippen molar-refractivity contribution in [3.05, 3.63) is 70.8 Å². The van der Waals surface area contributed by atoms with E-state index in [0.29, 0.717) is 5.56 Å². The molecule has 1 N–H and O–H groups in total. The van der Waals surface area contributed by atoms with Gasteiger partial charge in [0.2, 0.25) is 0 Å². The zero-order valence-electron chi connectivity index (χ0n) is 15.9. The molecule has 27 heavy (non-hydrogen) atoms. The number of amides is 1. The van der Waals surface area contributed by atoms with Gasteiger partial charge in [0.15, 0.2) is 6.61 Å². The Morgan fingerprint density at radius 3 is 2.52 bits per heavy atom. The second-order valence-electron chi connectivity index (χ2n) is 7.09. The lowest BCUT2D eigenvalue weighted by atomic mass is 9.90. The van der Waals surface area contributed by atoms with Gasteiger partial charge in [-0.05, 0) is 60.9 Å². The maximum absolute atomic E-state index is 12.3. The minimum Gasteiger partial charge on any atom is -0.452 e. The van der Waals surface area contributed by atoms with Gasteiger partial charge in [0.05, 0.1) is 11.6 Å². The maximum atomic E-state index is 12.3. The Hall–Kier alpha value is -2.62. The molecule has 0 aliphatic heterocycles. The lowest BCUT2D eigenvalue weighted by Crippen LogP contribution is -2.32. The highest BCUT2D eigenvalue weighted by Crippen LogP contribution is 2.22. The van der Waals surface area contributed by atoms with Gasteiger partial charge in [0.1, 0.15) is 0 Å². The topological polar surface area (TPSA) is 55.4 Å². The van der Waals surface area contributed by atoms with Gasteiger partial charge in [0.25, 0.3) is 5.91 Å². The molecule has 1 aliphatic carbocycles. The Morgan fingerprint density at radius 2 is 1.78 bits per heavy atom. The molecule has 4 heteroatoms. The Labute approximate surface area is 160 Å². The van der Waals surface area contributed by atoms with Gasteiger partial charge >= 0.3 is 5.97 Å². The van der Waals surface area contributed by atoms with Crippen LogP contribution in [0.25, 0.3) is 0 Å². The highest BCUT2D eigenvalue weighted by molar-refractivity contribution is 5.91. The van der Waals surface area contributed by atoms with Gasteiger partial charge in [-0.15, -0.1) is 0 Å². The maximum Gasteiger partial charge on any atom is 0.338 e. The van der Waals surface area contributed by atoms with Crippen molar-refractivity contribution in [2.75, 3.05) is 6.61 Å². The fourth-order valence-corrected chi connectivity index (χ4v) is 3.61. The van der Waals surface area contributed by atoms with Crippen molar-refractivity contribution in [3.63, 3.8) is 0 Å². The summed E-state index contributed by atoms with van der Waals surface area (Å²) in [6.45, 7) is 1.82. The third kappa shape index (κ3) is 5.19. The average Bonchev–Trinajstić information content (AvgIpc) is 2.72. The Morgan fingerprint density at radius 1 is 1.04 bits per heavy atom. The van der Waals surface area contributed by atoms with Crippen molar-refractivity contribution < 1.29 is 14.3 Å². The number of ether oxygens (including phenoxy) is 1. The number of esters is 1. The first kappa shape index (κ1) is 19.2. The van der Waals surface area contributed by atoms with Crippen LogP contribution in [-0.2, 0) is 22.4 Å². The molecule has 142 valence electrons. The number of hydrogen-bond acceptors (Lipinski definition) is 3. The molecular weight excluding hydrogens is 338 g/mol. The molecule has 0 fully saturated rings. The molecule has 1 aliphatic rings. The van der Waals surface area contributed by atoms with Gasteiger partial charge in [0, 0.05) is 0 Å². The SMILES string of the molecule is CCC[C@H](NC(=O)COC(=O)c1ccc2c(c1)CCCC2)c1ccccc1. The van der Waals surface area contributed by atoms with Crippen molar-refractivity contribution >= 4 is 11.9 Å². The summed E-state index contributed by atoms with van der Waals surface area (Å²) in [5, 5.41) is 2.97. The first-order valence-electron chi connectivity index (χ1n) is 9.80. The molecule has 0 bridgehead atoms. The summed E-state index contributed by atoms with van der Waals surface area (Å²) in [6.07, 6.45) is 6.24. The predicted octanol–water partition coefficient (Wildman–Crippen LogP) is 4.38. The number of rotatable bonds is 7. The van der Waals surface area contributed by atoms with Crippen molar-refractivity contribution in [2.24, 2.45) is 0 Å². The van der Waals surface area contributed by atoms with Gasteiger partial charge in [-0.2, -0.15) is 0 Å². The molecule has 0 spiro atoms. The Bertz CT molecular complexity index is 785. The zero-order chi connectivity index (χ0) is 19.1. The van der Waals surface area contributed by atoms with E-state index in [4.69, 9.17) is 4.74 Å². The van der Waals surface area contributed by atoms with Crippen molar-refractivity contribution in [1.29, 1.82) is 0 Å². The summed E-state index contributed by atoms with van der Waals surface area (Å²) >= 11 is 0. The summed E-state index contributed by atoms with van der Waals surface area (Å²) in [7, 11) is 0. The Kier molecular flexibility index (Phi) is 6.64. The lowest BCUT2D eigenvalue weighted by Gasteiger charge is -2.19.